The van der Waals surface area contributed by atoms with E-state index in [9.17, 15) is 14.7 Å². The summed E-state index contributed by atoms with van der Waals surface area (Å²) < 4.78 is 5.85. The molecule has 6 heteroatoms. The first-order chi connectivity index (χ1) is 17.5. The van der Waals surface area contributed by atoms with Crippen LogP contribution in [-0.4, -0.2) is 46.6 Å². The van der Waals surface area contributed by atoms with Gasteiger partial charge in [-0.15, -0.1) is 0 Å². The zero-order chi connectivity index (χ0) is 25.1. The number of amides is 1. The van der Waals surface area contributed by atoms with Crippen LogP contribution in [0.15, 0.2) is 54.7 Å². The Morgan fingerprint density at radius 1 is 1.03 bits per heavy atom. The van der Waals surface area contributed by atoms with Crippen LogP contribution in [0.3, 0.4) is 0 Å². The standard InChI is InChI=1S/C30H36N2O4/c1-2-20-3-10-25(31-17-20)13-14-36-26-11-4-21(5-12-26)15-24(30(34)35)16-29(33)32-18-27-22-6-7-23(9-8-22)28(27)19-32/h3-7,10-12,17,22-24,27-28H,2,8-9,13-16,18-19H2,1H3,(H,34,35). The van der Waals surface area contributed by atoms with Crippen molar-refractivity contribution in [2.24, 2.45) is 29.6 Å². The maximum absolute atomic E-state index is 13.1. The number of aliphatic carboxylic acids is 1. The topological polar surface area (TPSA) is 79.7 Å². The molecule has 5 atom stereocenters. The van der Waals surface area contributed by atoms with E-state index in [0.717, 1.165) is 42.9 Å². The molecule has 3 aliphatic carbocycles. The molecule has 2 aromatic rings. The van der Waals surface area contributed by atoms with Crippen molar-refractivity contribution in [3.05, 3.63) is 71.6 Å². The maximum atomic E-state index is 13.1. The molecule has 2 fully saturated rings. The Kier molecular flexibility index (Phi) is 7.40. The van der Waals surface area contributed by atoms with Gasteiger partial charge in [0.2, 0.25) is 5.91 Å². The van der Waals surface area contributed by atoms with Gasteiger partial charge in [0, 0.05) is 37.8 Å². The number of rotatable bonds is 10. The number of carboxylic acids is 1. The molecule has 1 aliphatic heterocycles. The summed E-state index contributed by atoms with van der Waals surface area (Å²) in [5.41, 5.74) is 3.12. The number of allylic oxidation sites excluding steroid dienone is 2. The zero-order valence-electron chi connectivity index (χ0n) is 21.0. The Hall–Kier alpha value is -3.15. The smallest absolute Gasteiger partial charge is 0.307 e. The number of carbonyl (C=O) groups is 2. The number of aryl methyl sites for hydroxylation is 1. The molecule has 1 aromatic heterocycles. The molecule has 2 heterocycles. The van der Waals surface area contributed by atoms with Crippen molar-refractivity contribution in [3.8, 4) is 5.75 Å². The highest BCUT2D eigenvalue weighted by atomic mass is 16.5. The fourth-order valence-electron chi connectivity index (χ4n) is 6.22. The Balaban J connectivity index is 1.11. The van der Waals surface area contributed by atoms with Crippen LogP contribution >= 0.6 is 0 Å². The number of benzene rings is 1. The summed E-state index contributed by atoms with van der Waals surface area (Å²) in [5, 5.41) is 9.83. The van der Waals surface area contributed by atoms with Crippen molar-refractivity contribution >= 4 is 11.9 Å². The van der Waals surface area contributed by atoms with E-state index in [1.54, 1.807) is 0 Å². The van der Waals surface area contributed by atoms with Crippen molar-refractivity contribution in [2.75, 3.05) is 19.7 Å². The second-order valence-electron chi connectivity index (χ2n) is 10.6. The second kappa shape index (κ2) is 10.9. The van der Waals surface area contributed by atoms with Gasteiger partial charge < -0.3 is 14.7 Å². The van der Waals surface area contributed by atoms with Gasteiger partial charge in [-0.25, -0.2) is 0 Å². The Labute approximate surface area is 213 Å². The number of carbonyl (C=O) groups excluding carboxylic acids is 1. The molecule has 0 radical (unpaired) electrons. The highest BCUT2D eigenvalue weighted by Crippen LogP contribution is 2.48. The minimum Gasteiger partial charge on any atom is -0.493 e. The summed E-state index contributed by atoms with van der Waals surface area (Å²) in [7, 11) is 0. The van der Waals surface area contributed by atoms with E-state index in [1.807, 2.05) is 41.4 Å². The summed E-state index contributed by atoms with van der Waals surface area (Å²) in [4.78, 5) is 31.5. The molecule has 6 nitrogen and oxygen atoms in total. The van der Waals surface area contributed by atoms with Crippen LogP contribution in [0.1, 0.15) is 43.0 Å². The molecule has 1 aromatic carbocycles. The van der Waals surface area contributed by atoms with Gasteiger partial charge in [-0.2, -0.15) is 0 Å². The van der Waals surface area contributed by atoms with Crippen LogP contribution in [0.4, 0.5) is 0 Å². The molecular weight excluding hydrogens is 452 g/mol. The quantitative estimate of drug-likeness (QED) is 0.496. The molecule has 4 aliphatic rings. The number of likely N-dealkylation sites (tertiary alicyclic amines) is 1. The lowest BCUT2D eigenvalue weighted by molar-refractivity contribution is -0.145. The predicted molar refractivity (Wildman–Crippen MR) is 138 cm³/mol. The van der Waals surface area contributed by atoms with Gasteiger partial charge in [0.1, 0.15) is 5.75 Å². The van der Waals surface area contributed by atoms with Gasteiger partial charge in [-0.05, 0) is 78.7 Å². The van der Waals surface area contributed by atoms with Gasteiger partial charge in [0.05, 0.1) is 12.5 Å². The molecule has 1 saturated carbocycles. The van der Waals surface area contributed by atoms with E-state index in [0.29, 0.717) is 36.7 Å². The minimum atomic E-state index is -0.913. The number of carboxylic acid groups (broad SMARTS) is 1. The van der Waals surface area contributed by atoms with Crippen LogP contribution < -0.4 is 4.74 Å². The van der Waals surface area contributed by atoms with Gasteiger partial charge in [-0.1, -0.05) is 37.3 Å². The summed E-state index contributed by atoms with van der Waals surface area (Å²) in [6.45, 7) is 4.20. The van der Waals surface area contributed by atoms with E-state index in [-0.39, 0.29) is 12.3 Å². The fraction of sp³-hybridized carbons (Fsp3) is 0.500. The number of ether oxygens (including phenoxy) is 1. The lowest BCUT2D eigenvalue weighted by atomic mass is 9.64. The summed E-state index contributed by atoms with van der Waals surface area (Å²) in [6, 6.07) is 11.7. The zero-order valence-corrected chi connectivity index (χ0v) is 21.0. The Morgan fingerprint density at radius 3 is 2.25 bits per heavy atom. The molecule has 36 heavy (non-hydrogen) atoms. The molecule has 1 N–H and O–H groups in total. The fourth-order valence-corrected chi connectivity index (χ4v) is 6.22. The molecule has 0 spiro atoms. The molecule has 1 saturated heterocycles. The molecule has 6 rings (SSSR count). The second-order valence-corrected chi connectivity index (χ2v) is 10.6. The molecule has 1 amide bonds. The lowest BCUT2D eigenvalue weighted by Crippen LogP contribution is -2.35. The molecule has 190 valence electrons. The van der Waals surface area contributed by atoms with E-state index >= 15 is 0 Å². The summed E-state index contributed by atoms with van der Waals surface area (Å²) in [5.74, 6) is 1.38. The largest absolute Gasteiger partial charge is 0.493 e. The maximum Gasteiger partial charge on any atom is 0.307 e. The first-order valence-corrected chi connectivity index (χ1v) is 13.3. The van der Waals surface area contributed by atoms with Crippen LogP contribution in [0, 0.1) is 29.6 Å². The van der Waals surface area contributed by atoms with Crippen LogP contribution in [0.2, 0.25) is 0 Å². The van der Waals surface area contributed by atoms with Crippen molar-refractivity contribution in [1.82, 2.24) is 9.88 Å². The van der Waals surface area contributed by atoms with Crippen molar-refractivity contribution < 1.29 is 19.4 Å². The van der Waals surface area contributed by atoms with Crippen molar-refractivity contribution in [2.45, 2.75) is 45.4 Å². The van der Waals surface area contributed by atoms with E-state index < -0.39 is 11.9 Å². The van der Waals surface area contributed by atoms with Crippen molar-refractivity contribution in [3.63, 3.8) is 0 Å². The molecule has 2 bridgehead atoms. The summed E-state index contributed by atoms with van der Waals surface area (Å²) in [6.07, 6.45) is 11.1. The van der Waals surface area contributed by atoms with Crippen molar-refractivity contribution in [1.29, 1.82) is 0 Å². The first-order valence-electron chi connectivity index (χ1n) is 13.3. The normalized spacial score (nSPS) is 25.0. The lowest BCUT2D eigenvalue weighted by Gasteiger charge is -2.40. The molecular formula is C30H36N2O4. The SMILES string of the molecule is CCc1ccc(CCOc2ccc(CC(CC(=O)N3CC4C5C=CC(CC5)C4C3)C(=O)O)cc2)nc1. The third-order valence-corrected chi connectivity index (χ3v) is 8.40. The van der Waals surface area contributed by atoms with Gasteiger partial charge in [-0.3, -0.25) is 14.6 Å². The monoisotopic (exact) mass is 488 g/mol. The third-order valence-electron chi connectivity index (χ3n) is 8.40. The summed E-state index contributed by atoms with van der Waals surface area (Å²) >= 11 is 0. The number of hydrogen-bond acceptors (Lipinski definition) is 4. The number of fused-ring (bicyclic) bond motifs is 1. The average molecular weight is 489 g/mol. The van der Waals surface area contributed by atoms with Crippen LogP contribution in [0.25, 0.3) is 0 Å². The van der Waals surface area contributed by atoms with Gasteiger partial charge >= 0.3 is 5.97 Å². The van der Waals surface area contributed by atoms with Gasteiger partial charge in [0.25, 0.3) is 0 Å². The van der Waals surface area contributed by atoms with Gasteiger partial charge in [0.15, 0.2) is 0 Å². The first kappa shape index (κ1) is 24.5. The Bertz CT molecular complexity index is 1070. The van der Waals surface area contributed by atoms with E-state index in [4.69, 9.17) is 4.74 Å². The number of hydrogen-bond donors (Lipinski definition) is 1. The Morgan fingerprint density at radius 2 is 1.69 bits per heavy atom. The highest BCUT2D eigenvalue weighted by Gasteiger charge is 2.47. The average Bonchev–Trinajstić information content (AvgIpc) is 3.38. The predicted octanol–water partition coefficient (Wildman–Crippen LogP) is 4.57. The number of aromatic nitrogens is 1. The van der Waals surface area contributed by atoms with E-state index in [2.05, 4.69) is 30.1 Å². The third kappa shape index (κ3) is 5.48. The van der Waals surface area contributed by atoms with Crippen LogP contribution in [-0.2, 0) is 28.9 Å². The number of nitrogens with zero attached hydrogens (tertiary/aromatic N) is 2. The van der Waals surface area contributed by atoms with E-state index in [1.165, 1.54) is 18.4 Å². The number of pyridine rings is 1. The highest BCUT2D eigenvalue weighted by molar-refractivity contribution is 5.82. The minimum absolute atomic E-state index is 0.0169. The van der Waals surface area contributed by atoms with Crippen LogP contribution in [0.5, 0.6) is 5.75 Å². The molecule has 5 unspecified atom stereocenters.